The third-order valence-electron chi connectivity index (χ3n) is 6.79. The predicted octanol–water partition coefficient (Wildman–Crippen LogP) is 6.07. The van der Waals surface area contributed by atoms with Crippen molar-refractivity contribution >= 4 is 40.2 Å². The number of imidazole rings is 1. The van der Waals surface area contributed by atoms with Crippen LogP contribution in [0.15, 0.2) is 48.5 Å². The summed E-state index contributed by atoms with van der Waals surface area (Å²) in [5, 5.41) is 10.0. The van der Waals surface area contributed by atoms with Gasteiger partial charge < -0.3 is 14.4 Å². The van der Waals surface area contributed by atoms with Crippen LogP contribution in [0.2, 0.25) is 10.0 Å². The van der Waals surface area contributed by atoms with Gasteiger partial charge in [-0.1, -0.05) is 35.3 Å². The molecule has 4 aromatic rings. The molecule has 0 radical (unpaired) electrons. The minimum Gasteiger partial charge on any atom is -0.478 e. The van der Waals surface area contributed by atoms with Crippen LogP contribution in [0.3, 0.4) is 0 Å². The number of ether oxygens (including phenoxy) is 1. The molecule has 3 heterocycles. The molecule has 0 atom stereocenters. The highest BCUT2D eigenvalue weighted by Gasteiger charge is 2.24. The Labute approximate surface area is 223 Å². The van der Waals surface area contributed by atoms with Gasteiger partial charge in [-0.15, -0.1) is 0 Å². The first kappa shape index (κ1) is 25.4. The van der Waals surface area contributed by atoms with Gasteiger partial charge in [0.2, 0.25) is 5.88 Å². The minimum atomic E-state index is -1.02. The van der Waals surface area contributed by atoms with E-state index >= 15 is 0 Å². The van der Waals surface area contributed by atoms with Gasteiger partial charge >= 0.3 is 5.97 Å². The largest absolute Gasteiger partial charge is 0.478 e. The molecule has 0 aliphatic carbocycles. The number of fused-ring (bicyclic) bond motifs is 1. The van der Waals surface area contributed by atoms with Gasteiger partial charge in [-0.05, 0) is 56.3 Å². The quantitative estimate of drug-likeness (QED) is 0.305. The average Bonchev–Trinajstić information content (AvgIpc) is 3.20. The highest BCUT2D eigenvalue weighted by Crippen LogP contribution is 2.30. The number of aryl methyl sites for hydroxylation is 1. The first-order chi connectivity index (χ1) is 17.8. The summed E-state index contributed by atoms with van der Waals surface area (Å²) in [6, 6.07) is 13.3. The van der Waals surface area contributed by atoms with Gasteiger partial charge in [-0.3, -0.25) is 4.90 Å². The maximum Gasteiger partial charge on any atom is 0.335 e. The van der Waals surface area contributed by atoms with E-state index in [9.17, 15) is 14.3 Å². The van der Waals surface area contributed by atoms with Crippen LogP contribution in [0.1, 0.15) is 46.2 Å². The van der Waals surface area contributed by atoms with Crippen molar-refractivity contribution in [2.75, 3.05) is 13.1 Å². The van der Waals surface area contributed by atoms with E-state index in [1.54, 1.807) is 24.3 Å². The minimum absolute atomic E-state index is 0.0773. The van der Waals surface area contributed by atoms with Gasteiger partial charge in [-0.2, -0.15) is 0 Å². The zero-order valence-electron chi connectivity index (χ0n) is 20.1. The molecule has 192 valence electrons. The second-order valence-corrected chi connectivity index (χ2v) is 10.0. The van der Waals surface area contributed by atoms with Crippen molar-refractivity contribution < 1.29 is 19.0 Å². The Hall–Kier alpha value is -3.20. The van der Waals surface area contributed by atoms with Crippen LogP contribution in [-0.4, -0.2) is 43.6 Å². The van der Waals surface area contributed by atoms with Gasteiger partial charge in [0, 0.05) is 35.3 Å². The van der Waals surface area contributed by atoms with Crippen LogP contribution in [0.5, 0.6) is 5.88 Å². The van der Waals surface area contributed by atoms with Crippen LogP contribution in [0.4, 0.5) is 4.39 Å². The fourth-order valence-corrected chi connectivity index (χ4v) is 5.09. The molecule has 0 unspecified atom stereocenters. The normalized spacial score (nSPS) is 14.8. The van der Waals surface area contributed by atoms with Gasteiger partial charge in [0.25, 0.3) is 0 Å². The maximum absolute atomic E-state index is 14.0. The van der Waals surface area contributed by atoms with Crippen molar-refractivity contribution in [3.63, 3.8) is 0 Å². The maximum atomic E-state index is 14.0. The van der Waals surface area contributed by atoms with Crippen LogP contribution < -0.4 is 4.74 Å². The molecule has 1 fully saturated rings. The monoisotopic (exact) mass is 542 g/mol. The first-order valence-electron chi connectivity index (χ1n) is 11.9. The van der Waals surface area contributed by atoms with Crippen molar-refractivity contribution in [2.24, 2.45) is 7.05 Å². The number of benzene rings is 2. The Balaban J connectivity index is 1.21. The summed E-state index contributed by atoms with van der Waals surface area (Å²) in [6.45, 7) is 2.45. The van der Waals surface area contributed by atoms with E-state index in [4.69, 9.17) is 27.9 Å². The highest BCUT2D eigenvalue weighted by atomic mass is 35.5. The topological polar surface area (TPSA) is 80.5 Å². The molecule has 1 N–H and O–H groups in total. The van der Waals surface area contributed by atoms with E-state index in [1.807, 2.05) is 23.7 Å². The smallest absolute Gasteiger partial charge is 0.335 e. The molecule has 1 saturated heterocycles. The summed E-state index contributed by atoms with van der Waals surface area (Å²) in [7, 11) is 1.88. The SMILES string of the molecule is Cn1c(CN2CCC(c3cccc(OCc4ccc(Cl)cc4F)n3)CC2)nc2c(Cl)cc(C(=O)O)cc21. The van der Waals surface area contributed by atoms with Crippen molar-refractivity contribution in [1.29, 1.82) is 0 Å². The fraction of sp³-hybridized carbons (Fsp3) is 0.296. The van der Waals surface area contributed by atoms with Crippen molar-refractivity contribution in [1.82, 2.24) is 19.4 Å². The van der Waals surface area contributed by atoms with Crippen LogP contribution in [-0.2, 0) is 20.2 Å². The summed E-state index contributed by atoms with van der Waals surface area (Å²) in [5.41, 5.74) is 2.84. The standard InChI is InChI=1S/C27H25Cl2FN4O3/c1-33-23-12-18(27(35)36)11-20(29)26(23)32-24(33)14-34-9-7-16(8-10-34)22-3-2-4-25(31-22)37-15-17-5-6-19(28)13-21(17)30/h2-6,11-13,16H,7-10,14-15H2,1H3,(H,35,36). The lowest BCUT2D eigenvalue weighted by molar-refractivity contribution is 0.0697. The van der Waals surface area contributed by atoms with E-state index in [2.05, 4.69) is 14.9 Å². The Morgan fingerprint density at radius 1 is 1.14 bits per heavy atom. The number of rotatable bonds is 7. The number of halogens is 3. The summed E-state index contributed by atoms with van der Waals surface area (Å²) in [6.07, 6.45) is 1.85. The molecule has 0 saturated carbocycles. The molecule has 0 bridgehead atoms. The van der Waals surface area contributed by atoms with Crippen molar-refractivity contribution in [3.05, 3.63) is 87.0 Å². The molecule has 0 amide bonds. The number of hydrogen-bond donors (Lipinski definition) is 1. The Morgan fingerprint density at radius 2 is 1.92 bits per heavy atom. The zero-order valence-corrected chi connectivity index (χ0v) is 21.6. The average molecular weight is 543 g/mol. The molecule has 2 aromatic heterocycles. The molecule has 37 heavy (non-hydrogen) atoms. The second kappa shape index (κ2) is 10.7. The third-order valence-corrected chi connectivity index (χ3v) is 7.31. The molecule has 10 heteroatoms. The predicted molar refractivity (Wildman–Crippen MR) is 140 cm³/mol. The number of carboxylic acid groups (broad SMARTS) is 1. The molecule has 2 aromatic carbocycles. The van der Waals surface area contributed by atoms with E-state index in [0.717, 1.165) is 37.4 Å². The zero-order chi connectivity index (χ0) is 26.1. The third kappa shape index (κ3) is 5.56. The number of likely N-dealkylation sites (tertiary alicyclic amines) is 1. The first-order valence-corrected chi connectivity index (χ1v) is 12.7. The number of hydrogen-bond acceptors (Lipinski definition) is 5. The lowest BCUT2D eigenvalue weighted by Crippen LogP contribution is -2.33. The van der Waals surface area contributed by atoms with Crippen LogP contribution in [0.25, 0.3) is 11.0 Å². The van der Waals surface area contributed by atoms with E-state index < -0.39 is 11.8 Å². The summed E-state index contributed by atoms with van der Waals surface area (Å²) >= 11 is 12.1. The number of piperidine rings is 1. The molecule has 1 aliphatic heterocycles. The number of pyridine rings is 1. The van der Waals surface area contributed by atoms with E-state index in [1.165, 1.54) is 12.1 Å². The van der Waals surface area contributed by atoms with Gasteiger partial charge in [0.05, 0.1) is 22.6 Å². The van der Waals surface area contributed by atoms with Crippen LogP contribution in [0, 0.1) is 5.82 Å². The fourth-order valence-electron chi connectivity index (χ4n) is 4.67. The lowest BCUT2D eigenvalue weighted by atomic mass is 9.93. The molecule has 7 nitrogen and oxygen atoms in total. The number of carbonyl (C=O) groups is 1. The summed E-state index contributed by atoms with van der Waals surface area (Å²) in [5.74, 6) is 0.169. The lowest BCUT2D eigenvalue weighted by Gasteiger charge is -2.31. The number of aromatic nitrogens is 3. The van der Waals surface area contributed by atoms with Crippen molar-refractivity contribution in [2.45, 2.75) is 31.9 Å². The van der Waals surface area contributed by atoms with E-state index in [0.29, 0.717) is 45.0 Å². The van der Waals surface area contributed by atoms with Crippen molar-refractivity contribution in [3.8, 4) is 5.88 Å². The second-order valence-electron chi connectivity index (χ2n) is 9.19. The van der Waals surface area contributed by atoms with Gasteiger partial charge in [-0.25, -0.2) is 19.2 Å². The summed E-state index contributed by atoms with van der Waals surface area (Å²) < 4.78 is 21.7. The number of aromatic carboxylic acids is 1. The Morgan fingerprint density at radius 3 is 2.65 bits per heavy atom. The highest BCUT2D eigenvalue weighted by molar-refractivity contribution is 6.35. The number of nitrogens with zero attached hydrogens (tertiary/aromatic N) is 4. The summed E-state index contributed by atoms with van der Waals surface area (Å²) in [4.78, 5) is 23.1. The Kier molecular flexibility index (Phi) is 7.33. The molecule has 5 rings (SSSR count). The molecule has 0 spiro atoms. The Bertz CT molecular complexity index is 1470. The van der Waals surface area contributed by atoms with Crippen LogP contribution >= 0.6 is 23.2 Å². The molecular weight excluding hydrogens is 518 g/mol. The van der Waals surface area contributed by atoms with Gasteiger partial charge in [0.1, 0.15) is 23.8 Å². The molecular formula is C27H25Cl2FN4O3. The molecule has 1 aliphatic rings. The number of carboxylic acids is 1. The van der Waals surface area contributed by atoms with Gasteiger partial charge in [0.15, 0.2) is 0 Å². The van der Waals surface area contributed by atoms with E-state index in [-0.39, 0.29) is 12.2 Å².